The van der Waals surface area contributed by atoms with E-state index in [1.165, 1.54) is 0 Å². The van der Waals surface area contributed by atoms with E-state index in [4.69, 9.17) is 5.73 Å². The zero-order valence-corrected chi connectivity index (χ0v) is 13.0. The smallest absolute Gasteiger partial charge is 0.238 e. The van der Waals surface area contributed by atoms with Crippen molar-refractivity contribution in [1.82, 2.24) is 4.90 Å². The Balaban J connectivity index is 1.85. The predicted octanol–water partition coefficient (Wildman–Crippen LogP) is 2.42. The van der Waals surface area contributed by atoms with Gasteiger partial charge in [-0.05, 0) is 24.6 Å². The second-order valence-electron chi connectivity index (χ2n) is 5.81. The number of carbonyl (C=O) groups excluding carboxylic acids is 1. The first-order valence-electron chi connectivity index (χ1n) is 6.96. The minimum absolute atomic E-state index is 0.0281. The number of anilines is 2. The zero-order chi connectivity index (χ0) is 14.6. The fourth-order valence-corrected chi connectivity index (χ4v) is 3.38. The van der Waals surface area contributed by atoms with Crippen LogP contribution >= 0.6 is 11.8 Å². The number of carbonyl (C=O) groups is 1. The molecule has 1 heterocycles. The number of thioether (sulfide) groups is 1. The van der Waals surface area contributed by atoms with Crippen LogP contribution in [-0.4, -0.2) is 40.9 Å². The SMILES string of the molecule is CC1(C)CCN(CC(=O)Nc2cccc(N)c2)CCS1. The van der Waals surface area contributed by atoms with E-state index in [0.29, 0.717) is 17.0 Å². The molecule has 1 fully saturated rings. The number of nitrogens with two attached hydrogens (primary N) is 1. The van der Waals surface area contributed by atoms with Crippen LogP contribution in [0.5, 0.6) is 0 Å². The van der Waals surface area contributed by atoms with Gasteiger partial charge in [-0.25, -0.2) is 0 Å². The van der Waals surface area contributed by atoms with Crippen molar-refractivity contribution in [1.29, 1.82) is 0 Å². The average Bonchev–Trinajstić information content (AvgIpc) is 2.51. The number of benzene rings is 1. The van der Waals surface area contributed by atoms with Gasteiger partial charge in [0.25, 0.3) is 0 Å². The Labute approximate surface area is 125 Å². The number of hydrogen-bond acceptors (Lipinski definition) is 4. The summed E-state index contributed by atoms with van der Waals surface area (Å²) in [5.41, 5.74) is 7.13. The van der Waals surface area contributed by atoms with Crippen LogP contribution in [0.2, 0.25) is 0 Å². The van der Waals surface area contributed by atoms with Gasteiger partial charge in [0, 0.05) is 35.0 Å². The van der Waals surface area contributed by atoms with E-state index in [1.807, 2.05) is 30.0 Å². The molecule has 1 aromatic carbocycles. The van der Waals surface area contributed by atoms with E-state index in [9.17, 15) is 4.79 Å². The third-order valence-corrected chi connectivity index (χ3v) is 4.84. The van der Waals surface area contributed by atoms with Gasteiger partial charge >= 0.3 is 0 Å². The van der Waals surface area contributed by atoms with Gasteiger partial charge in [0.1, 0.15) is 0 Å². The molecule has 110 valence electrons. The van der Waals surface area contributed by atoms with Gasteiger partial charge in [0.2, 0.25) is 5.91 Å². The lowest BCUT2D eigenvalue weighted by Gasteiger charge is -2.22. The Kier molecular flexibility index (Phi) is 4.94. The third kappa shape index (κ3) is 4.72. The highest BCUT2D eigenvalue weighted by molar-refractivity contribution is 8.00. The largest absolute Gasteiger partial charge is 0.399 e. The van der Waals surface area contributed by atoms with Crippen LogP contribution in [-0.2, 0) is 4.79 Å². The lowest BCUT2D eigenvalue weighted by atomic mass is 10.1. The molecule has 1 amide bonds. The first kappa shape index (κ1) is 15.2. The molecule has 0 aromatic heterocycles. The minimum atomic E-state index is 0.0281. The maximum absolute atomic E-state index is 12.1. The van der Waals surface area contributed by atoms with E-state index < -0.39 is 0 Å². The van der Waals surface area contributed by atoms with Crippen molar-refractivity contribution in [2.24, 2.45) is 0 Å². The van der Waals surface area contributed by atoms with Crippen molar-refractivity contribution < 1.29 is 4.79 Å². The Morgan fingerprint density at radius 1 is 1.45 bits per heavy atom. The summed E-state index contributed by atoms with van der Waals surface area (Å²) in [6, 6.07) is 7.29. The van der Waals surface area contributed by atoms with Gasteiger partial charge < -0.3 is 11.1 Å². The fraction of sp³-hybridized carbons (Fsp3) is 0.533. The summed E-state index contributed by atoms with van der Waals surface area (Å²) in [5, 5.41) is 2.90. The van der Waals surface area contributed by atoms with Crippen molar-refractivity contribution in [3.05, 3.63) is 24.3 Å². The molecule has 0 spiro atoms. The summed E-state index contributed by atoms with van der Waals surface area (Å²) >= 11 is 1.99. The Morgan fingerprint density at radius 3 is 3.00 bits per heavy atom. The molecule has 0 saturated carbocycles. The molecule has 2 rings (SSSR count). The van der Waals surface area contributed by atoms with E-state index in [2.05, 4.69) is 24.1 Å². The lowest BCUT2D eigenvalue weighted by Crippen LogP contribution is -2.35. The summed E-state index contributed by atoms with van der Waals surface area (Å²) in [5.74, 6) is 1.11. The molecule has 20 heavy (non-hydrogen) atoms. The summed E-state index contributed by atoms with van der Waals surface area (Å²) < 4.78 is 0.319. The average molecular weight is 293 g/mol. The maximum atomic E-state index is 12.1. The van der Waals surface area contributed by atoms with Crippen LogP contribution in [0.4, 0.5) is 11.4 Å². The van der Waals surface area contributed by atoms with Crippen LogP contribution in [0.1, 0.15) is 20.3 Å². The summed E-state index contributed by atoms with van der Waals surface area (Å²) in [7, 11) is 0. The summed E-state index contributed by atoms with van der Waals surface area (Å²) in [6.45, 7) is 6.94. The number of nitrogens with zero attached hydrogens (tertiary/aromatic N) is 1. The van der Waals surface area contributed by atoms with Gasteiger partial charge in [-0.15, -0.1) is 0 Å². The minimum Gasteiger partial charge on any atom is -0.399 e. The Morgan fingerprint density at radius 2 is 2.25 bits per heavy atom. The molecule has 0 radical (unpaired) electrons. The van der Waals surface area contributed by atoms with Gasteiger partial charge in [-0.1, -0.05) is 19.9 Å². The van der Waals surface area contributed by atoms with Crippen molar-refractivity contribution in [2.75, 3.05) is 36.4 Å². The van der Waals surface area contributed by atoms with E-state index in [0.717, 1.165) is 31.0 Å². The normalized spacial score (nSPS) is 19.3. The molecule has 0 bridgehead atoms. The highest BCUT2D eigenvalue weighted by Crippen LogP contribution is 2.30. The number of nitrogen functional groups attached to an aromatic ring is 1. The van der Waals surface area contributed by atoms with Gasteiger partial charge in [-0.2, -0.15) is 11.8 Å². The molecule has 1 aliphatic heterocycles. The number of nitrogens with one attached hydrogen (secondary N) is 1. The first-order chi connectivity index (χ1) is 9.44. The van der Waals surface area contributed by atoms with E-state index in [1.54, 1.807) is 6.07 Å². The maximum Gasteiger partial charge on any atom is 0.238 e. The molecular weight excluding hydrogens is 270 g/mol. The van der Waals surface area contributed by atoms with Crippen LogP contribution in [0.25, 0.3) is 0 Å². The van der Waals surface area contributed by atoms with Gasteiger partial charge in [0.05, 0.1) is 6.54 Å². The van der Waals surface area contributed by atoms with E-state index in [-0.39, 0.29) is 5.91 Å². The monoisotopic (exact) mass is 293 g/mol. The fourth-order valence-electron chi connectivity index (χ4n) is 2.24. The van der Waals surface area contributed by atoms with E-state index >= 15 is 0 Å². The molecule has 5 heteroatoms. The molecule has 3 N–H and O–H groups in total. The van der Waals surface area contributed by atoms with Crippen LogP contribution in [0.15, 0.2) is 24.3 Å². The molecule has 1 aliphatic rings. The van der Waals surface area contributed by atoms with Crippen LogP contribution in [0.3, 0.4) is 0 Å². The highest BCUT2D eigenvalue weighted by Gasteiger charge is 2.24. The molecule has 1 aromatic rings. The Hall–Kier alpha value is -1.20. The molecule has 0 unspecified atom stereocenters. The van der Waals surface area contributed by atoms with Gasteiger partial charge in [0.15, 0.2) is 0 Å². The molecule has 4 nitrogen and oxygen atoms in total. The molecular formula is C15H23N3OS. The Bertz CT molecular complexity index is 476. The number of rotatable bonds is 3. The van der Waals surface area contributed by atoms with Crippen LogP contribution in [0, 0.1) is 0 Å². The zero-order valence-electron chi connectivity index (χ0n) is 12.2. The van der Waals surface area contributed by atoms with Crippen molar-refractivity contribution in [3.63, 3.8) is 0 Å². The van der Waals surface area contributed by atoms with Crippen molar-refractivity contribution in [3.8, 4) is 0 Å². The predicted molar refractivity (Wildman–Crippen MR) is 87.1 cm³/mol. The third-order valence-electron chi connectivity index (χ3n) is 3.47. The topological polar surface area (TPSA) is 58.4 Å². The second kappa shape index (κ2) is 6.50. The second-order valence-corrected chi connectivity index (χ2v) is 7.61. The lowest BCUT2D eigenvalue weighted by molar-refractivity contribution is -0.117. The summed E-state index contributed by atoms with van der Waals surface area (Å²) in [6.07, 6.45) is 1.11. The first-order valence-corrected chi connectivity index (χ1v) is 7.95. The standard InChI is InChI=1S/C15H23N3OS/c1-15(2)6-7-18(8-9-20-15)11-14(19)17-13-5-3-4-12(16)10-13/h3-5,10H,6-9,11,16H2,1-2H3,(H,17,19). The number of amides is 1. The van der Waals surface area contributed by atoms with Crippen molar-refractivity contribution in [2.45, 2.75) is 25.0 Å². The quantitative estimate of drug-likeness (QED) is 0.840. The number of hydrogen-bond donors (Lipinski definition) is 2. The van der Waals surface area contributed by atoms with Crippen LogP contribution < -0.4 is 11.1 Å². The highest BCUT2D eigenvalue weighted by atomic mass is 32.2. The molecule has 0 atom stereocenters. The molecule has 1 saturated heterocycles. The van der Waals surface area contributed by atoms with Crippen molar-refractivity contribution >= 4 is 29.0 Å². The van der Waals surface area contributed by atoms with Gasteiger partial charge in [-0.3, -0.25) is 9.69 Å². The molecule has 0 aliphatic carbocycles. The summed E-state index contributed by atoms with van der Waals surface area (Å²) in [4.78, 5) is 14.3.